The third-order valence-electron chi connectivity index (χ3n) is 14.0. The van der Waals surface area contributed by atoms with Gasteiger partial charge in [0.2, 0.25) is 23.6 Å². The Hall–Kier alpha value is -6.90. The first-order valence-electron chi connectivity index (χ1n) is 21.7. The van der Waals surface area contributed by atoms with Gasteiger partial charge in [0.1, 0.15) is 11.5 Å². The molecule has 4 aliphatic rings. The van der Waals surface area contributed by atoms with Crippen LogP contribution in [0, 0.1) is 41.9 Å². The molecule has 66 heavy (non-hydrogen) atoms. The molecule has 0 radical (unpaired) electrons. The summed E-state index contributed by atoms with van der Waals surface area (Å²) in [5, 5.41) is 25.5. The molecule has 0 spiro atoms. The number of thiophene rings is 1. The number of nitrogens with zero attached hydrogens (tertiary/aromatic N) is 7. The highest BCUT2D eigenvalue weighted by Gasteiger charge is 2.67. The van der Waals surface area contributed by atoms with E-state index < -0.39 is 35.0 Å². The third kappa shape index (κ3) is 6.84. The van der Waals surface area contributed by atoms with Crippen molar-refractivity contribution in [2.24, 2.45) is 52.3 Å². The van der Waals surface area contributed by atoms with Crippen molar-refractivity contribution in [1.29, 1.82) is 0 Å². The molecule has 2 aromatic heterocycles. The van der Waals surface area contributed by atoms with Crippen molar-refractivity contribution in [3.8, 4) is 22.1 Å². The van der Waals surface area contributed by atoms with E-state index in [1.165, 1.54) is 23.0 Å². The van der Waals surface area contributed by atoms with Gasteiger partial charge in [-0.05, 0) is 128 Å². The Balaban J connectivity index is 0.988. The fourth-order valence-electron chi connectivity index (χ4n) is 10.5. The van der Waals surface area contributed by atoms with E-state index in [-0.39, 0.29) is 41.5 Å². The molecular weight excluding hydrogens is 874 g/mol. The average Bonchev–Trinajstić information content (AvgIpc) is 3.98. The molecule has 4 aromatic carbocycles. The number of amides is 4. The number of hydrogen-bond donors (Lipinski definition) is 1. The number of fused-ring (bicyclic) bond motifs is 5. The normalized spacial score (nSPS) is 23.9. The van der Waals surface area contributed by atoms with Gasteiger partial charge in [0, 0.05) is 48.5 Å². The van der Waals surface area contributed by atoms with Gasteiger partial charge in [-0.3, -0.25) is 28.8 Å². The van der Waals surface area contributed by atoms with Crippen LogP contribution in [0.15, 0.2) is 119 Å². The molecule has 6 aromatic rings. The summed E-state index contributed by atoms with van der Waals surface area (Å²) in [4.78, 5) is 64.8. The van der Waals surface area contributed by atoms with E-state index in [1.807, 2.05) is 93.5 Å². The zero-order chi connectivity index (χ0) is 46.3. The molecule has 0 bridgehead atoms. The van der Waals surface area contributed by atoms with Crippen LogP contribution in [-0.2, 0) is 26.2 Å². The number of carbonyl (C=O) groups excluding carboxylic acids is 4. The van der Waals surface area contributed by atoms with Crippen molar-refractivity contribution >= 4 is 91.3 Å². The van der Waals surface area contributed by atoms with Crippen molar-refractivity contribution in [3.05, 3.63) is 125 Å². The monoisotopic (exact) mass is 919 g/mol. The molecule has 2 aliphatic carbocycles. The fraction of sp³-hybridized carbons (Fsp3) is 0.275. The van der Waals surface area contributed by atoms with Crippen molar-refractivity contribution in [2.45, 2.75) is 26.7 Å². The summed E-state index contributed by atoms with van der Waals surface area (Å²) in [5.74, 6) is -4.15. The van der Waals surface area contributed by atoms with Gasteiger partial charge in [-0.25, -0.2) is 4.90 Å². The SMILES string of the molecule is COc1cc(C=CC2C3=CCC4C(=O)N(c5ccc(N=Nc6ccc(N(C)C)cc6)cc5)C(=O)C4C3CC3C(=O)N(c4cc(-c5sc6ccc(Cl)cc6c5C)nn4C)C(=O)C23C)ccc1O. The van der Waals surface area contributed by atoms with E-state index in [0.717, 1.165) is 31.8 Å². The highest BCUT2D eigenvalue weighted by molar-refractivity contribution is 7.22. The summed E-state index contributed by atoms with van der Waals surface area (Å²) in [6.07, 6.45) is 6.29. The van der Waals surface area contributed by atoms with Crippen LogP contribution >= 0.6 is 22.9 Å². The number of hydrogen-bond acceptors (Lipinski definition) is 11. The van der Waals surface area contributed by atoms with Crippen molar-refractivity contribution in [3.63, 3.8) is 0 Å². The highest BCUT2D eigenvalue weighted by Crippen LogP contribution is 2.61. The van der Waals surface area contributed by atoms with Gasteiger partial charge in [0.15, 0.2) is 11.5 Å². The molecular formula is C51H46ClN7O6S. The van der Waals surface area contributed by atoms with Crippen LogP contribution in [0.2, 0.25) is 5.02 Å². The molecule has 2 saturated heterocycles. The van der Waals surface area contributed by atoms with Gasteiger partial charge >= 0.3 is 0 Å². The number of methoxy groups -OCH3 is 1. The van der Waals surface area contributed by atoms with Gasteiger partial charge < -0.3 is 14.7 Å². The first-order chi connectivity index (χ1) is 31.7. The topological polar surface area (TPSA) is 150 Å². The predicted molar refractivity (Wildman–Crippen MR) is 257 cm³/mol. The fourth-order valence-corrected chi connectivity index (χ4v) is 11.8. The molecule has 2 aliphatic heterocycles. The second-order valence-electron chi connectivity index (χ2n) is 17.8. The second kappa shape index (κ2) is 16.2. The van der Waals surface area contributed by atoms with E-state index in [1.54, 1.807) is 65.5 Å². The number of aryl methyl sites for hydroxylation is 2. The predicted octanol–water partition coefficient (Wildman–Crippen LogP) is 10.4. The first kappa shape index (κ1) is 43.0. The third-order valence-corrected chi connectivity index (χ3v) is 15.5. The molecule has 6 atom stereocenters. The van der Waals surface area contributed by atoms with Crippen molar-refractivity contribution in [2.75, 3.05) is 35.9 Å². The number of ether oxygens (including phenoxy) is 1. The minimum Gasteiger partial charge on any atom is -0.504 e. The van der Waals surface area contributed by atoms with E-state index in [0.29, 0.717) is 45.6 Å². The Morgan fingerprint density at radius 2 is 1.61 bits per heavy atom. The number of benzene rings is 4. The molecule has 13 nitrogen and oxygen atoms in total. The molecule has 10 rings (SSSR count). The molecule has 3 fully saturated rings. The van der Waals surface area contributed by atoms with E-state index >= 15 is 9.59 Å². The number of allylic oxidation sites excluding steroid dienone is 3. The maximum Gasteiger partial charge on any atom is 0.242 e. The summed E-state index contributed by atoms with van der Waals surface area (Å²) in [7, 11) is 7.13. The largest absolute Gasteiger partial charge is 0.504 e. The lowest BCUT2D eigenvalue weighted by molar-refractivity contribution is -0.132. The van der Waals surface area contributed by atoms with Gasteiger partial charge in [-0.2, -0.15) is 15.3 Å². The maximum atomic E-state index is 15.2. The Bertz CT molecular complexity index is 3100. The van der Waals surface area contributed by atoms with Crippen LogP contribution in [0.1, 0.15) is 30.9 Å². The standard InChI is InChI=1S/C51H46ClN7O6S/c1-27-36-24-29(52)9-22-43(36)66-46(27)40-26-44(57(5)55-40)59-48(62)39-25-37-34(38(51(39,2)50(59)64)20-7-28-8-21-41(60)42(23-28)65-6)18-19-35-45(37)49(63)58(47(35)61)33-16-12-31(13-17-33)54-53-30-10-14-32(15-11-30)56(3)4/h7-18,20-24,26,35,37-39,45,60H,19,25H2,1-6H3. The summed E-state index contributed by atoms with van der Waals surface area (Å²) in [6, 6.07) is 27.0. The summed E-state index contributed by atoms with van der Waals surface area (Å²) >= 11 is 7.92. The minimum atomic E-state index is -1.26. The first-order valence-corrected chi connectivity index (χ1v) is 22.9. The number of halogens is 1. The Morgan fingerprint density at radius 1 is 0.894 bits per heavy atom. The van der Waals surface area contributed by atoms with Crippen LogP contribution < -0.4 is 19.4 Å². The molecule has 1 saturated carbocycles. The number of rotatable bonds is 9. The number of phenols is 1. The van der Waals surface area contributed by atoms with Crippen LogP contribution in [0.3, 0.4) is 0 Å². The lowest BCUT2D eigenvalue weighted by Gasteiger charge is -2.47. The van der Waals surface area contributed by atoms with E-state index in [9.17, 15) is 14.7 Å². The highest BCUT2D eigenvalue weighted by atomic mass is 35.5. The van der Waals surface area contributed by atoms with Crippen LogP contribution in [0.5, 0.6) is 11.5 Å². The quantitative estimate of drug-likeness (QED) is 0.0856. The zero-order valence-corrected chi connectivity index (χ0v) is 38.7. The van der Waals surface area contributed by atoms with Gasteiger partial charge in [-0.1, -0.05) is 41.5 Å². The number of carbonyl (C=O) groups is 4. The summed E-state index contributed by atoms with van der Waals surface area (Å²) in [6.45, 7) is 3.85. The molecule has 1 N–H and O–H groups in total. The molecule has 6 unspecified atom stereocenters. The number of aromatic nitrogens is 2. The number of anilines is 3. The van der Waals surface area contributed by atoms with Crippen LogP contribution in [0.4, 0.5) is 28.6 Å². The van der Waals surface area contributed by atoms with Crippen LogP contribution in [-0.4, -0.2) is 59.7 Å². The number of phenolic OH excluding ortho intramolecular Hbond substituents is 1. The minimum absolute atomic E-state index is 0.0168. The average molecular weight is 920 g/mol. The zero-order valence-electron chi connectivity index (χ0n) is 37.1. The van der Waals surface area contributed by atoms with Crippen molar-refractivity contribution < 1.29 is 29.0 Å². The number of aromatic hydroxyl groups is 1. The number of azo groups is 1. The van der Waals surface area contributed by atoms with Gasteiger partial charge in [0.25, 0.3) is 0 Å². The maximum absolute atomic E-state index is 15.2. The lowest BCUT2D eigenvalue weighted by atomic mass is 9.52. The van der Waals surface area contributed by atoms with Gasteiger partial charge in [-0.15, -0.1) is 11.3 Å². The van der Waals surface area contributed by atoms with E-state index in [4.69, 9.17) is 21.4 Å². The Labute approximate surface area is 390 Å². The molecule has 334 valence electrons. The summed E-state index contributed by atoms with van der Waals surface area (Å²) < 4.78 is 8.00. The summed E-state index contributed by atoms with van der Waals surface area (Å²) in [5.41, 5.74) is 4.63. The second-order valence-corrected chi connectivity index (χ2v) is 19.3. The van der Waals surface area contributed by atoms with E-state index in [2.05, 4.69) is 10.2 Å². The Morgan fingerprint density at radius 3 is 2.30 bits per heavy atom. The molecule has 4 heterocycles. The lowest BCUT2D eigenvalue weighted by Crippen LogP contribution is -2.49. The van der Waals surface area contributed by atoms with Crippen LogP contribution in [0.25, 0.3) is 26.7 Å². The van der Waals surface area contributed by atoms with Gasteiger partial charge in [0.05, 0.1) is 52.2 Å². The molecule has 15 heteroatoms. The smallest absolute Gasteiger partial charge is 0.242 e. The Kier molecular flexibility index (Phi) is 10.6. The number of imide groups is 2. The molecule has 4 amide bonds. The van der Waals surface area contributed by atoms with Crippen molar-refractivity contribution in [1.82, 2.24) is 9.78 Å².